The first-order valence-corrected chi connectivity index (χ1v) is 4.46. The molecule has 0 bridgehead atoms. The molecule has 0 heterocycles. The Labute approximate surface area is 90.1 Å². The molecule has 0 aliphatic carbocycles. The van der Waals surface area contributed by atoms with E-state index in [-0.39, 0.29) is 11.5 Å². The van der Waals surface area contributed by atoms with Gasteiger partial charge in [-0.05, 0) is 23.6 Å². The highest BCUT2D eigenvalue weighted by Gasteiger charge is 2.06. The van der Waals surface area contributed by atoms with Crippen LogP contribution in [0.25, 0.3) is 10.8 Å². The predicted molar refractivity (Wildman–Crippen MR) is 55.8 cm³/mol. The maximum absolute atomic E-state index is 12.9. The van der Waals surface area contributed by atoms with Gasteiger partial charge in [-0.2, -0.15) is 0 Å². The van der Waals surface area contributed by atoms with Gasteiger partial charge in [-0.1, -0.05) is 6.07 Å². The Morgan fingerprint density at radius 1 is 1.31 bits per heavy atom. The minimum atomic E-state index is -0.971. The van der Waals surface area contributed by atoms with Crippen molar-refractivity contribution in [3.63, 3.8) is 0 Å². The minimum Gasteiger partial charge on any atom is -0.507 e. The van der Waals surface area contributed by atoms with E-state index in [1.165, 1.54) is 30.3 Å². The van der Waals surface area contributed by atoms with Crippen LogP contribution in [-0.4, -0.2) is 11.2 Å². The molecule has 0 aromatic heterocycles. The molecule has 82 valence electrons. The maximum Gasteiger partial charge on any atom is 0.409 e. The smallest absolute Gasteiger partial charge is 0.409 e. The average molecular weight is 221 g/mol. The molecule has 3 N–H and O–H groups in total. The Kier molecular flexibility index (Phi) is 2.36. The second-order valence-electron chi connectivity index (χ2n) is 3.23. The summed E-state index contributed by atoms with van der Waals surface area (Å²) in [7, 11) is 0. The van der Waals surface area contributed by atoms with E-state index in [0.29, 0.717) is 10.8 Å². The molecular weight excluding hydrogens is 213 g/mol. The number of nitrogens with two attached hydrogens (primary N) is 1. The van der Waals surface area contributed by atoms with Crippen LogP contribution < -0.4 is 10.5 Å². The summed E-state index contributed by atoms with van der Waals surface area (Å²) < 4.78 is 17.5. The van der Waals surface area contributed by atoms with Gasteiger partial charge < -0.3 is 15.6 Å². The predicted octanol–water partition coefficient (Wildman–Crippen LogP) is 2.14. The van der Waals surface area contributed by atoms with Gasteiger partial charge in [0.2, 0.25) is 0 Å². The number of hydrogen-bond donors (Lipinski definition) is 2. The number of halogens is 1. The first kappa shape index (κ1) is 10.2. The van der Waals surface area contributed by atoms with Crippen LogP contribution in [0.1, 0.15) is 0 Å². The number of primary amides is 1. The van der Waals surface area contributed by atoms with E-state index < -0.39 is 11.9 Å². The third-order valence-electron chi connectivity index (χ3n) is 2.09. The molecule has 0 fully saturated rings. The number of ether oxygens (including phenoxy) is 1. The number of carbonyl (C=O) groups excluding carboxylic acids is 1. The van der Waals surface area contributed by atoms with Crippen LogP contribution in [0.5, 0.6) is 11.5 Å². The Balaban J connectivity index is 2.59. The van der Waals surface area contributed by atoms with Crippen LogP contribution in [0, 0.1) is 5.82 Å². The Morgan fingerprint density at radius 2 is 2.06 bits per heavy atom. The van der Waals surface area contributed by atoms with E-state index >= 15 is 0 Å². The minimum absolute atomic E-state index is 0.115. The summed E-state index contributed by atoms with van der Waals surface area (Å²) in [6.45, 7) is 0. The number of phenols is 1. The van der Waals surface area contributed by atoms with Crippen LogP contribution in [0.2, 0.25) is 0 Å². The lowest BCUT2D eigenvalue weighted by molar-refractivity contribution is 0.211. The highest BCUT2D eigenvalue weighted by Crippen LogP contribution is 2.30. The van der Waals surface area contributed by atoms with Crippen LogP contribution in [0.15, 0.2) is 30.3 Å². The number of carbonyl (C=O) groups is 1. The van der Waals surface area contributed by atoms with Crippen LogP contribution in [0.4, 0.5) is 9.18 Å². The zero-order valence-electron chi connectivity index (χ0n) is 8.11. The van der Waals surface area contributed by atoms with Gasteiger partial charge in [-0.25, -0.2) is 9.18 Å². The zero-order valence-corrected chi connectivity index (χ0v) is 8.11. The fraction of sp³-hybridized carbons (Fsp3) is 0. The molecule has 2 aromatic rings. The van der Waals surface area contributed by atoms with Gasteiger partial charge in [-0.15, -0.1) is 0 Å². The molecule has 0 aliphatic heterocycles. The Morgan fingerprint density at radius 3 is 2.75 bits per heavy atom. The van der Waals surface area contributed by atoms with Crippen molar-refractivity contribution >= 4 is 16.9 Å². The molecule has 0 saturated carbocycles. The normalized spacial score (nSPS) is 10.3. The largest absolute Gasteiger partial charge is 0.507 e. The van der Waals surface area contributed by atoms with E-state index in [9.17, 15) is 14.3 Å². The number of fused-ring (bicyclic) bond motifs is 1. The molecule has 0 atom stereocenters. The van der Waals surface area contributed by atoms with Crippen molar-refractivity contribution in [1.82, 2.24) is 0 Å². The number of rotatable bonds is 1. The molecule has 1 amide bonds. The fourth-order valence-electron chi connectivity index (χ4n) is 1.46. The summed E-state index contributed by atoms with van der Waals surface area (Å²) >= 11 is 0. The first-order chi connectivity index (χ1) is 7.56. The van der Waals surface area contributed by atoms with Crippen molar-refractivity contribution < 1.29 is 19.0 Å². The maximum atomic E-state index is 12.9. The van der Waals surface area contributed by atoms with Crippen LogP contribution in [-0.2, 0) is 0 Å². The standard InChI is InChI=1S/C11H8FNO3/c12-7-2-1-6-3-8(16-11(13)15)5-10(14)9(6)4-7/h1-5,14H,(H2,13,15). The molecule has 0 spiro atoms. The van der Waals surface area contributed by atoms with Gasteiger partial charge in [0.15, 0.2) is 0 Å². The molecule has 0 saturated heterocycles. The lowest BCUT2D eigenvalue weighted by Gasteiger charge is -2.05. The van der Waals surface area contributed by atoms with Gasteiger partial charge in [0.1, 0.15) is 17.3 Å². The third kappa shape index (κ3) is 1.88. The summed E-state index contributed by atoms with van der Waals surface area (Å²) in [6.07, 6.45) is -0.971. The second kappa shape index (κ2) is 3.69. The SMILES string of the molecule is NC(=O)Oc1cc(O)c2cc(F)ccc2c1. The van der Waals surface area contributed by atoms with E-state index in [4.69, 9.17) is 5.73 Å². The van der Waals surface area contributed by atoms with Crippen LogP contribution >= 0.6 is 0 Å². The van der Waals surface area contributed by atoms with E-state index in [2.05, 4.69) is 4.74 Å². The zero-order chi connectivity index (χ0) is 11.7. The second-order valence-corrected chi connectivity index (χ2v) is 3.23. The molecule has 0 unspecified atom stereocenters. The average Bonchev–Trinajstić information content (AvgIpc) is 2.18. The number of hydrogen-bond acceptors (Lipinski definition) is 3. The highest BCUT2D eigenvalue weighted by atomic mass is 19.1. The molecular formula is C11H8FNO3. The topological polar surface area (TPSA) is 72.6 Å². The summed E-state index contributed by atoms with van der Waals surface area (Å²) in [5, 5.41) is 10.5. The fourth-order valence-corrected chi connectivity index (χ4v) is 1.46. The van der Waals surface area contributed by atoms with Crippen molar-refractivity contribution in [2.24, 2.45) is 5.73 Å². The van der Waals surface area contributed by atoms with Crippen molar-refractivity contribution in [3.8, 4) is 11.5 Å². The summed E-state index contributed by atoms with van der Waals surface area (Å²) in [4.78, 5) is 10.5. The van der Waals surface area contributed by atoms with Gasteiger partial charge >= 0.3 is 6.09 Å². The Hall–Kier alpha value is -2.30. The monoisotopic (exact) mass is 221 g/mol. The number of aromatic hydroxyl groups is 1. The van der Waals surface area contributed by atoms with Gasteiger partial charge in [0.25, 0.3) is 0 Å². The number of phenolic OH excluding ortho intramolecular Hbond substituents is 1. The van der Waals surface area contributed by atoms with Crippen molar-refractivity contribution in [2.75, 3.05) is 0 Å². The number of benzene rings is 2. The molecule has 4 nitrogen and oxygen atoms in total. The summed E-state index contributed by atoms with van der Waals surface area (Å²) in [6, 6.07) is 6.60. The van der Waals surface area contributed by atoms with E-state index in [1.807, 2.05) is 0 Å². The molecule has 0 aliphatic rings. The van der Waals surface area contributed by atoms with Crippen LogP contribution in [0.3, 0.4) is 0 Å². The summed E-state index contributed by atoms with van der Waals surface area (Å²) in [5.41, 5.74) is 4.84. The molecule has 2 rings (SSSR count). The quantitative estimate of drug-likeness (QED) is 0.774. The molecule has 2 aromatic carbocycles. The van der Waals surface area contributed by atoms with Gasteiger partial charge in [0, 0.05) is 11.5 Å². The van der Waals surface area contributed by atoms with E-state index in [0.717, 1.165) is 0 Å². The van der Waals surface area contributed by atoms with E-state index in [1.54, 1.807) is 0 Å². The molecule has 5 heteroatoms. The highest BCUT2D eigenvalue weighted by molar-refractivity contribution is 5.90. The van der Waals surface area contributed by atoms with Crippen molar-refractivity contribution in [2.45, 2.75) is 0 Å². The van der Waals surface area contributed by atoms with Gasteiger partial charge in [-0.3, -0.25) is 0 Å². The first-order valence-electron chi connectivity index (χ1n) is 4.46. The number of amides is 1. The molecule has 0 radical (unpaired) electrons. The Bertz CT molecular complexity index is 568. The lowest BCUT2D eigenvalue weighted by Crippen LogP contribution is -2.16. The van der Waals surface area contributed by atoms with Gasteiger partial charge in [0.05, 0.1) is 0 Å². The van der Waals surface area contributed by atoms with Crippen molar-refractivity contribution in [1.29, 1.82) is 0 Å². The lowest BCUT2D eigenvalue weighted by atomic mass is 10.1. The van der Waals surface area contributed by atoms with Crippen molar-refractivity contribution in [3.05, 3.63) is 36.1 Å². The molecule has 16 heavy (non-hydrogen) atoms. The third-order valence-corrected chi connectivity index (χ3v) is 2.09. The summed E-state index contributed by atoms with van der Waals surface area (Å²) in [5.74, 6) is -0.510.